The van der Waals surface area contributed by atoms with Gasteiger partial charge in [-0.25, -0.2) is 0 Å². The minimum absolute atomic E-state index is 0.0197. The molecule has 1 aliphatic carbocycles. The Hall–Kier alpha value is -5.98. The van der Waals surface area contributed by atoms with Crippen molar-refractivity contribution in [3.63, 3.8) is 0 Å². The van der Waals surface area contributed by atoms with E-state index in [1.54, 1.807) is 0 Å². The van der Waals surface area contributed by atoms with Crippen LogP contribution >= 0.6 is 0 Å². The molecule has 0 spiro atoms. The number of benzene rings is 9. The molecular formula is C51H38. The molecular weight excluding hydrogens is 613 g/mol. The van der Waals surface area contributed by atoms with Crippen molar-refractivity contribution in [3.05, 3.63) is 181 Å². The van der Waals surface area contributed by atoms with Crippen molar-refractivity contribution >= 4 is 43.1 Å². The minimum atomic E-state index is 0.0197. The second kappa shape index (κ2) is 11.5. The quantitative estimate of drug-likeness (QED) is 0.163. The highest BCUT2D eigenvalue weighted by Gasteiger charge is 2.40. The molecule has 242 valence electrons. The van der Waals surface area contributed by atoms with Crippen molar-refractivity contribution in [2.75, 3.05) is 0 Å². The molecule has 0 aliphatic heterocycles. The van der Waals surface area contributed by atoms with E-state index in [2.05, 4.69) is 184 Å². The molecule has 9 aromatic rings. The Morgan fingerprint density at radius 2 is 0.686 bits per heavy atom. The van der Waals surface area contributed by atoms with E-state index in [0.717, 1.165) is 12.8 Å². The highest BCUT2D eigenvalue weighted by atomic mass is 14.4. The lowest BCUT2D eigenvalue weighted by Crippen LogP contribution is -2.23. The summed E-state index contributed by atoms with van der Waals surface area (Å²) in [6.07, 6.45) is 2.16. The maximum atomic E-state index is 2.54. The van der Waals surface area contributed by atoms with Gasteiger partial charge in [0, 0.05) is 5.41 Å². The van der Waals surface area contributed by atoms with Crippen LogP contribution in [0.4, 0.5) is 0 Å². The molecule has 51 heavy (non-hydrogen) atoms. The minimum Gasteiger partial charge on any atom is -0.0642 e. The first-order valence-corrected chi connectivity index (χ1v) is 18.4. The van der Waals surface area contributed by atoms with Crippen molar-refractivity contribution in [3.8, 4) is 44.5 Å². The monoisotopic (exact) mass is 650 g/mol. The highest BCUT2D eigenvalue weighted by Crippen LogP contribution is 2.55. The summed E-state index contributed by atoms with van der Waals surface area (Å²) < 4.78 is 0. The summed E-state index contributed by atoms with van der Waals surface area (Å²) in [6.45, 7) is 4.72. The zero-order valence-electron chi connectivity index (χ0n) is 29.1. The molecule has 1 aliphatic rings. The third-order valence-electron chi connectivity index (χ3n) is 11.9. The van der Waals surface area contributed by atoms with Crippen molar-refractivity contribution in [1.29, 1.82) is 0 Å². The molecule has 0 unspecified atom stereocenters. The van der Waals surface area contributed by atoms with E-state index in [-0.39, 0.29) is 5.41 Å². The lowest BCUT2D eigenvalue weighted by molar-refractivity contribution is 0.490. The third kappa shape index (κ3) is 4.20. The van der Waals surface area contributed by atoms with E-state index in [0.29, 0.717) is 0 Å². The fourth-order valence-electron chi connectivity index (χ4n) is 9.65. The van der Waals surface area contributed by atoms with Gasteiger partial charge in [-0.05, 0) is 118 Å². The number of rotatable bonds is 5. The smallest absolute Gasteiger partial charge is 0.0210 e. The van der Waals surface area contributed by atoms with Gasteiger partial charge >= 0.3 is 0 Å². The van der Waals surface area contributed by atoms with E-state index in [9.17, 15) is 0 Å². The van der Waals surface area contributed by atoms with E-state index >= 15 is 0 Å². The molecule has 0 fully saturated rings. The molecule has 10 rings (SSSR count). The van der Waals surface area contributed by atoms with Crippen molar-refractivity contribution < 1.29 is 0 Å². The van der Waals surface area contributed by atoms with Gasteiger partial charge in [0.1, 0.15) is 0 Å². The summed E-state index contributed by atoms with van der Waals surface area (Å²) in [5, 5.41) is 10.3. The van der Waals surface area contributed by atoms with Gasteiger partial charge in [-0.1, -0.05) is 178 Å². The summed E-state index contributed by atoms with van der Waals surface area (Å²) in [4.78, 5) is 0. The predicted octanol–water partition coefficient (Wildman–Crippen LogP) is 14.4. The first kappa shape index (κ1) is 29.9. The first-order chi connectivity index (χ1) is 25.2. The van der Waals surface area contributed by atoms with Gasteiger partial charge in [0.05, 0.1) is 0 Å². The van der Waals surface area contributed by atoms with Gasteiger partial charge in [0.25, 0.3) is 0 Å². The molecule has 9 aromatic carbocycles. The third-order valence-corrected chi connectivity index (χ3v) is 11.9. The molecule has 0 amide bonds. The summed E-state index contributed by atoms with van der Waals surface area (Å²) in [5.41, 5.74) is 13.5. The van der Waals surface area contributed by atoms with Crippen LogP contribution in [0.25, 0.3) is 87.6 Å². The van der Waals surface area contributed by atoms with Crippen LogP contribution in [0.3, 0.4) is 0 Å². The Kier molecular flexibility index (Phi) is 6.76. The lowest BCUT2D eigenvalue weighted by Gasteiger charge is -2.30. The summed E-state index contributed by atoms with van der Waals surface area (Å²) in [5.74, 6) is 0. The normalized spacial score (nSPS) is 13.2. The Balaban J connectivity index is 1.32. The Bertz CT molecular complexity index is 2700. The fourth-order valence-corrected chi connectivity index (χ4v) is 9.65. The van der Waals surface area contributed by atoms with E-state index < -0.39 is 0 Å². The second-order valence-electron chi connectivity index (χ2n) is 14.1. The van der Waals surface area contributed by atoms with Crippen LogP contribution in [-0.4, -0.2) is 0 Å². The summed E-state index contributed by atoms with van der Waals surface area (Å²) in [7, 11) is 0. The molecule has 0 bridgehead atoms. The Labute approximate surface area is 299 Å². The molecule has 0 aromatic heterocycles. The van der Waals surface area contributed by atoms with Crippen molar-refractivity contribution in [2.45, 2.75) is 32.1 Å². The Morgan fingerprint density at radius 1 is 0.314 bits per heavy atom. The largest absolute Gasteiger partial charge is 0.0642 e. The van der Waals surface area contributed by atoms with Gasteiger partial charge in [-0.2, -0.15) is 0 Å². The van der Waals surface area contributed by atoms with Crippen LogP contribution in [0, 0.1) is 0 Å². The average molecular weight is 651 g/mol. The Morgan fingerprint density at radius 3 is 1.16 bits per heavy atom. The number of hydrogen-bond donors (Lipinski definition) is 0. The SMILES string of the molecule is CCC1(CC)c2ccccc2-c2ccc(-c3c4ccccc4c(-c4c5ccccc5c(-c5ccccc5)c5ccccc45)c4ccccc34)cc21. The van der Waals surface area contributed by atoms with Gasteiger partial charge < -0.3 is 0 Å². The maximum Gasteiger partial charge on any atom is 0.0210 e. The van der Waals surface area contributed by atoms with Crippen LogP contribution in [-0.2, 0) is 5.41 Å². The molecule has 0 radical (unpaired) electrons. The van der Waals surface area contributed by atoms with E-state index in [1.807, 2.05) is 0 Å². The van der Waals surface area contributed by atoms with Gasteiger partial charge in [0.2, 0.25) is 0 Å². The van der Waals surface area contributed by atoms with Crippen LogP contribution in [0.1, 0.15) is 37.8 Å². The zero-order valence-corrected chi connectivity index (χ0v) is 29.1. The fraction of sp³-hybridized carbons (Fsp3) is 0.0980. The zero-order chi connectivity index (χ0) is 34.1. The van der Waals surface area contributed by atoms with Crippen molar-refractivity contribution in [2.24, 2.45) is 0 Å². The lowest BCUT2D eigenvalue weighted by atomic mass is 9.73. The predicted molar refractivity (Wildman–Crippen MR) is 220 cm³/mol. The second-order valence-corrected chi connectivity index (χ2v) is 14.1. The first-order valence-electron chi connectivity index (χ1n) is 18.4. The average Bonchev–Trinajstić information content (AvgIpc) is 3.48. The molecule has 0 heteroatoms. The van der Waals surface area contributed by atoms with E-state index in [4.69, 9.17) is 0 Å². The molecule has 0 atom stereocenters. The summed E-state index contributed by atoms with van der Waals surface area (Å²) in [6, 6.07) is 63.6. The summed E-state index contributed by atoms with van der Waals surface area (Å²) >= 11 is 0. The van der Waals surface area contributed by atoms with E-state index in [1.165, 1.54) is 98.7 Å². The molecule has 0 nitrogen and oxygen atoms in total. The molecule has 0 saturated heterocycles. The van der Waals surface area contributed by atoms with Crippen LogP contribution in [0.5, 0.6) is 0 Å². The van der Waals surface area contributed by atoms with Crippen LogP contribution in [0.2, 0.25) is 0 Å². The molecule has 0 heterocycles. The van der Waals surface area contributed by atoms with Gasteiger partial charge in [-0.3, -0.25) is 0 Å². The topological polar surface area (TPSA) is 0 Å². The highest BCUT2D eigenvalue weighted by molar-refractivity contribution is 6.30. The molecule has 0 N–H and O–H groups in total. The standard InChI is InChI=1S/C51H38/c1-3-51(4-2)45-29-17-16-20-35(45)36-31-30-34(32-46(36)51)48-39-23-10-14-27-43(39)50(44-28-15-11-24-40(44)48)49-41-25-12-8-21-37(41)47(33-18-6-5-7-19-33)38-22-9-13-26-42(38)49/h5-32H,3-4H2,1-2H3. The van der Waals surface area contributed by atoms with Crippen molar-refractivity contribution in [1.82, 2.24) is 0 Å². The van der Waals surface area contributed by atoms with Gasteiger partial charge in [-0.15, -0.1) is 0 Å². The van der Waals surface area contributed by atoms with Gasteiger partial charge in [0.15, 0.2) is 0 Å². The van der Waals surface area contributed by atoms with Crippen LogP contribution in [0.15, 0.2) is 170 Å². The maximum absolute atomic E-state index is 2.54. The number of fused-ring (bicyclic) bond motifs is 7. The number of hydrogen-bond acceptors (Lipinski definition) is 0. The molecule has 0 saturated carbocycles. The van der Waals surface area contributed by atoms with Crippen LogP contribution < -0.4 is 0 Å².